The Labute approximate surface area is 107 Å². The van der Waals surface area contributed by atoms with Crippen LogP contribution in [0.3, 0.4) is 0 Å². The Hall–Kier alpha value is -2.04. The lowest BCUT2D eigenvalue weighted by Gasteiger charge is -2.26. The average Bonchev–Trinajstić information content (AvgIpc) is 2.38. The molecule has 0 fully saturated rings. The second-order valence-corrected chi connectivity index (χ2v) is 4.71. The minimum atomic E-state index is -0.675. The molecular weight excluding hydrogens is 230 g/mol. The van der Waals surface area contributed by atoms with E-state index in [-0.39, 0.29) is 11.7 Å². The zero-order valence-corrected chi connectivity index (χ0v) is 10.8. The van der Waals surface area contributed by atoms with Crippen LogP contribution in [0.5, 0.6) is 0 Å². The molecule has 0 aliphatic carbocycles. The van der Waals surface area contributed by atoms with Gasteiger partial charge in [-0.1, -0.05) is 35.5 Å². The van der Waals surface area contributed by atoms with Crippen LogP contribution in [0.25, 0.3) is 0 Å². The maximum atomic E-state index is 12.2. The quantitative estimate of drug-likeness (QED) is 0.324. The summed E-state index contributed by atoms with van der Waals surface area (Å²) in [6, 6.07) is 8.96. The van der Waals surface area contributed by atoms with Crippen LogP contribution in [0.2, 0.25) is 0 Å². The number of amides is 1. The maximum absolute atomic E-state index is 12.2. The third kappa shape index (κ3) is 3.00. The Bertz CT molecular complexity index is 441. The summed E-state index contributed by atoms with van der Waals surface area (Å²) < 4.78 is 0. The highest BCUT2D eigenvalue weighted by molar-refractivity contribution is 5.93. The highest BCUT2D eigenvalue weighted by Crippen LogP contribution is 2.23. The molecule has 18 heavy (non-hydrogen) atoms. The molecular formula is C13H19N3O2. The van der Waals surface area contributed by atoms with Crippen molar-refractivity contribution in [2.75, 3.05) is 0 Å². The van der Waals surface area contributed by atoms with Crippen LogP contribution in [0.4, 0.5) is 0 Å². The monoisotopic (exact) mass is 249 g/mol. The SMILES string of the molecule is CC(NC(=O)C(C)(C)c1ccccc1)/C(N)=N/O. The van der Waals surface area contributed by atoms with Crippen LogP contribution in [-0.2, 0) is 10.2 Å². The Morgan fingerprint density at radius 1 is 1.39 bits per heavy atom. The van der Waals surface area contributed by atoms with Crippen LogP contribution < -0.4 is 11.1 Å². The van der Waals surface area contributed by atoms with E-state index in [1.54, 1.807) is 6.92 Å². The van der Waals surface area contributed by atoms with Crippen LogP contribution in [-0.4, -0.2) is 23.0 Å². The molecule has 1 aromatic rings. The third-order valence-corrected chi connectivity index (χ3v) is 2.97. The van der Waals surface area contributed by atoms with Gasteiger partial charge in [-0.3, -0.25) is 4.79 Å². The van der Waals surface area contributed by atoms with Gasteiger partial charge in [-0.15, -0.1) is 0 Å². The number of hydrogen-bond donors (Lipinski definition) is 3. The van der Waals surface area contributed by atoms with E-state index < -0.39 is 11.5 Å². The number of hydrogen-bond acceptors (Lipinski definition) is 3. The number of nitrogens with one attached hydrogen (secondary N) is 1. The fourth-order valence-electron chi connectivity index (χ4n) is 1.52. The lowest BCUT2D eigenvalue weighted by atomic mass is 9.83. The van der Waals surface area contributed by atoms with Gasteiger partial charge in [0.2, 0.25) is 5.91 Å². The largest absolute Gasteiger partial charge is 0.409 e. The van der Waals surface area contributed by atoms with Gasteiger partial charge in [0.15, 0.2) is 5.84 Å². The molecule has 0 saturated carbocycles. The number of nitrogens with two attached hydrogens (primary N) is 1. The molecule has 0 spiro atoms. The first-order valence-electron chi connectivity index (χ1n) is 5.73. The molecule has 1 rings (SSSR count). The van der Waals surface area contributed by atoms with Gasteiger partial charge in [0.25, 0.3) is 0 Å². The summed E-state index contributed by atoms with van der Waals surface area (Å²) in [7, 11) is 0. The number of nitrogens with zero attached hydrogens (tertiary/aromatic N) is 1. The van der Waals surface area contributed by atoms with Crippen LogP contribution >= 0.6 is 0 Å². The predicted molar refractivity (Wildman–Crippen MR) is 70.5 cm³/mol. The minimum absolute atomic E-state index is 0.0211. The minimum Gasteiger partial charge on any atom is -0.409 e. The van der Waals surface area contributed by atoms with Crippen molar-refractivity contribution in [1.82, 2.24) is 5.32 Å². The van der Waals surface area contributed by atoms with Crippen molar-refractivity contribution in [1.29, 1.82) is 0 Å². The van der Waals surface area contributed by atoms with E-state index in [2.05, 4.69) is 10.5 Å². The molecule has 98 valence electrons. The summed E-state index contributed by atoms with van der Waals surface area (Å²) in [6.45, 7) is 5.32. The molecule has 0 aliphatic heterocycles. The van der Waals surface area contributed by atoms with E-state index >= 15 is 0 Å². The average molecular weight is 249 g/mol. The summed E-state index contributed by atoms with van der Waals surface area (Å²) >= 11 is 0. The normalized spacial score (nSPS) is 14.1. The van der Waals surface area contributed by atoms with Gasteiger partial charge < -0.3 is 16.3 Å². The van der Waals surface area contributed by atoms with Crippen molar-refractivity contribution in [2.24, 2.45) is 10.9 Å². The maximum Gasteiger partial charge on any atom is 0.230 e. The van der Waals surface area contributed by atoms with Gasteiger partial charge in [-0.2, -0.15) is 0 Å². The first kappa shape index (κ1) is 14.0. The fourth-order valence-corrected chi connectivity index (χ4v) is 1.52. The van der Waals surface area contributed by atoms with E-state index in [4.69, 9.17) is 10.9 Å². The van der Waals surface area contributed by atoms with Gasteiger partial charge in [0.05, 0.1) is 11.5 Å². The summed E-state index contributed by atoms with van der Waals surface area (Å²) in [5, 5.41) is 14.1. The second kappa shape index (κ2) is 5.53. The molecule has 1 aromatic carbocycles. The highest BCUT2D eigenvalue weighted by Gasteiger charge is 2.30. The van der Waals surface area contributed by atoms with Crippen molar-refractivity contribution in [2.45, 2.75) is 32.2 Å². The molecule has 1 atom stereocenters. The molecule has 4 N–H and O–H groups in total. The van der Waals surface area contributed by atoms with Crippen molar-refractivity contribution in [3.63, 3.8) is 0 Å². The molecule has 0 aliphatic rings. The van der Waals surface area contributed by atoms with Gasteiger partial charge in [0.1, 0.15) is 0 Å². The molecule has 0 heterocycles. The standard InChI is InChI=1S/C13H19N3O2/c1-9(11(14)16-18)15-12(17)13(2,3)10-7-5-4-6-8-10/h4-9,18H,1-3H3,(H2,14,16)(H,15,17). The third-order valence-electron chi connectivity index (χ3n) is 2.97. The van der Waals surface area contributed by atoms with Gasteiger partial charge in [-0.05, 0) is 26.3 Å². The Morgan fingerprint density at radius 3 is 2.44 bits per heavy atom. The van der Waals surface area contributed by atoms with E-state index in [9.17, 15) is 4.79 Å². The molecule has 1 unspecified atom stereocenters. The van der Waals surface area contributed by atoms with Crippen molar-refractivity contribution >= 4 is 11.7 Å². The van der Waals surface area contributed by atoms with E-state index in [0.29, 0.717) is 0 Å². The highest BCUT2D eigenvalue weighted by atomic mass is 16.4. The zero-order chi connectivity index (χ0) is 13.8. The van der Waals surface area contributed by atoms with Gasteiger partial charge >= 0.3 is 0 Å². The Morgan fingerprint density at radius 2 is 1.94 bits per heavy atom. The Balaban J connectivity index is 2.84. The van der Waals surface area contributed by atoms with Crippen molar-refractivity contribution < 1.29 is 10.0 Å². The number of rotatable bonds is 4. The zero-order valence-electron chi connectivity index (χ0n) is 10.8. The van der Waals surface area contributed by atoms with E-state index in [1.807, 2.05) is 44.2 Å². The topological polar surface area (TPSA) is 87.7 Å². The number of oxime groups is 1. The predicted octanol–water partition coefficient (Wildman–Crippen LogP) is 1.22. The van der Waals surface area contributed by atoms with Gasteiger partial charge in [0, 0.05) is 0 Å². The second-order valence-electron chi connectivity index (χ2n) is 4.71. The molecule has 0 aromatic heterocycles. The number of carbonyl (C=O) groups is 1. The van der Waals surface area contributed by atoms with E-state index in [0.717, 1.165) is 5.56 Å². The summed E-state index contributed by atoms with van der Waals surface area (Å²) in [6.07, 6.45) is 0. The van der Waals surface area contributed by atoms with Crippen molar-refractivity contribution in [3.05, 3.63) is 35.9 Å². The molecule has 1 amide bonds. The first-order valence-corrected chi connectivity index (χ1v) is 5.73. The summed E-state index contributed by atoms with van der Waals surface area (Å²) in [5.74, 6) is -0.194. The first-order chi connectivity index (χ1) is 8.39. The molecule has 5 nitrogen and oxygen atoms in total. The Kier molecular flexibility index (Phi) is 4.31. The summed E-state index contributed by atoms with van der Waals surface area (Å²) in [4.78, 5) is 12.2. The molecule has 0 saturated heterocycles. The van der Waals surface area contributed by atoms with E-state index in [1.165, 1.54) is 0 Å². The number of benzene rings is 1. The van der Waals surface area contributed by atoms with Gasteiger partial charge in [-0.25, -0.2) is 0 Å². The lowest BCUT2D eigenvalue weighted by molar-refractivity contribution is -0.125. The van der Waals surface area contributed by atoms with Crippen LogP contribution in [0, 0.1) is 0 Å². The van der Waals surface area contributed by atoms with Crippen LogP contribution in [0.1, 0.15) is 26.3 Å². The van der Waals surface area contributed by atoms with Crippen LogP contribution in [0.15, 0.2) is 35.5 Å². The summed E-state index contributed by atoms with van der Waals surface area (Å²) in [5.41, 5.74) is 5.67. The van der Waals surface area contributed by atoms with Crippen molar-refractivity contribution in [3.8, 4) is 0 Å². The molecule has 0 bridgehead atoms. The number of carbonyl (C=O) groups excluding carboxylic acids is 1. The smallest absolute Gasteiger partial charge is 0.230 e. The molecule has 5 heteroatoms. The molecule has 0 radical (unpaired) electrons. The lowest BCUT2D eigenvalue weighted by Crippen LogP contribution is -2.49. The fraction of sp³-hybridized carbons (Fsp3) is 0.385. The number of amidine groups is 1.